The van der Waals surface area contributed by atoms with E-state index in [1.807, 2.05) is 0 Å². The minimum atomic E-state index is 0.277. The first-order valence-electron chi connectivity index (χ1n) is 7.30. The van der Waals surface area contributed by atoms with Crippen LogP contribution in [-0.2, 0) is 0 Å². The molecule has 0 fully saturated rings. The molecule has 2 rings (SSSR count). The van der Waals surface area contributed by atoms with E-state index < -0.39 is 0 Å². The molecule has 0 bridgehead atoms. The fraction of sp³-hybridized carbons (Fsp3) is 0.643. The zero-order valence-corrected chi connectivity index (χ0v) is 12.7. The predicted molar refractivity (Wildman–Crippen MR) is 82.7 cm³/mol. The van der Waals surface area contributed by atoms with Crippen molar-refractivity contribution in [2.75, 3.05) is 17.2 Å². The van der Waals surface area contributed by atoms with Crippen molar-refractivity contribution >= 4 is 22.9 Å². The summed E-state index contributed by atoms with van der Waals surface area (Å²) in [7, 11) is 0. The van der Waals surface area contributed by atoms with Gasteiger partial charge in [-0.05, 0) is 18.8 Å². The molecule has 0 saturated carbocycles. The zero-order chi connectivity index (χ0) is 14.7. The van der Waals surface area contributed by atoms with Crippen molar-refractivity contribution in [3.8, 4) is 0 Å². The molecule has 0 unspecified atom stereocenters. The second-order valence-electron chi connectivity index (χ2n) is 5.52. The predicted octanol–water partition coefficient (Wildman–Crippen LogP) is 2.59. The van der Waals surface area contributed by atoms with Gasteiger partial charge in [0.05, 0.1) is 6.33 Å². The van der Waals surface area contributed by atoms with Gasteiger partial charge in [-0.3, -0.25) is 0 Å². The molecule has 6 nitrogen and oxygen atoms in total. The molecule has 0 aromatic carbocycles. The Morgan fingerprint density at radius 2 is 1.95 bits per heavy atom. The molecule has 110 valence electrons. The van der Waals surface area contributed by atoms with E-state index in [1.54, 1.807) is 6.33 Å². The highest BCUT2D eigenvalue weighted by Gasteiger charge is 2.22. The second-order valence-corrected chi connectivity index (χ2v) is 5.52. The Morgan fingerprint density at radius 3 is 2.55 bits per heavy atom. The van der Waals surface area contributed by atoms with Crippen molar-refractivity contribution in [3.63, 3.8) is 0 Å². The fourth-order valence-corrected chi connectivity index (χ4v) is 2.57. The maximum absolute atomic E-state index is 5.83. The molecule has 2 aromatic heterocycles. The molecule has 0 radical (unpaired) electrons. The molecule has 3 N–H and O–H groups in total. The number of imidazole rings is 1. The first-order chi connectivity index (χ1) is 9.56. The lowest BCUT2D eigenvalue weighted by molar-refractivity contribution is 0.504. The Morgan fingerprint density at radius 1 is 1.25 bits per heavy atom. The van der Waals surface area contributed by atoms with Crippen LogP contribution in [0.5, 0.6) is 0 Å². The monoisotopic (exact) mass is 276 g/mol. The van der Waals surface area contributed by atoms with Gasteiger partial charge in [-0.2, -0.15) is 9.97 Å². The highest BCUT2D eigenvalue weighted by atomic mass is 15.3. The van der Waals surface area contributed by atoms with Crippen LogP contribution in [0.3, 0.4) is 0 Å². The lowest BCUT2D eigenvalue weighted by atomic mass is 10.1. The maximum Gasteiger partial charge on any atom is 0.224 e. The molecule has 6 heteroatoms. The van der Waals surface area contributed by atoms with Crippen molar-refractivity contribution in [3.05, 3.63) is 6.33 Å². The number of nitrogen functional groups attached to an aromatic ring is 1. The Kier molecular flexibility index (Phi) is 4.42. The van der Waals surface area contributed by atoms with E-state index in [2.05, 4.69) is 52.5 Å². The molecular weight excluding hydrogens is 252 g/mol. The molecule has 2 heterocycles. The van der Waals surface area contributed by atoms with Crippen molar-refractivity contribution in [1.82, 2.24) is 19.9 Å². The number of aromatic amines is 1. The van der Waals surface area contributed by atoms with Gasteiger partial charge in [-0.15, -0.1) is 0 Å². The molecule has 0 amide bonds. The van der Waals surface area contributed by atoms with Crippen LogP contribution in [0.15, 0.2) is 6.33 Å². The largest absolute Gasteiger partial charge is 0.368 e. The van der Waals surface area contributed by atoms with Crippen LogP contribution >= 0.6 is 0 Å². The summed E-state index contributed by atoms with van der Waals surface area (Å²) in [5, 5.41) is 0. The van der Waals surface area contributed by atoms with E-state index in [4.69, 9.17) is 5.73 Å². The van der Waals surface area contributed by atoms with E-state index in [0.717, 1.165) is 30.7 Å². The van der Waals surface area contributed by atoms with Crippen molar-refractivity contribution in [2.45, 2.75) is 46.6 Å². The Balaban J connectivity index is 2.51. The molecule has 20 heavy (non-hydrogen) atoms. The van der Waals surface area contributed by atoms with Gasteiger partial charge in [-0.25, -0.2) is 4.98 Å². The van der Waals surface area contributed by atoms with E-state index >= 15 is 0 Å². The zero-order valence-electron chi connectivity index (χ0n) is 12.7. The van der Waals surface area contributed by atoms with E-state index in [0.29, 0.717) is 17.6 Å². The number of rotatable bonds is 6. The molecule has 0 aliphatic carbocycles. The summed E-state index contributed by atoms with van der Waals surface area (Å²) in [6.45, 7) is 9.78. The van der Waals surface area contributed by atoms with Gasteiger partial charge in [0.15, 0.2) is 11.5 Å². The summed E-state index contributed by atoms with van der Waals surface area (Å²) in [6.07, 6.45) is 3.79. The van der Waals surface area contributed by atoms with Crippen LogP contribution in [0.4, 0.5) is 11.8 Å². The smallest absolute Gasteiger partial charge is 0.224 e. The van der Waals surface area contributed by atoms with Gasteiger partial charge >= 0.3 is 0 Å². The van der Waals surface area contributed by atoms with Crippen LogP contribution in [-0.4, -0.2) is 32.5 Å². The summed E-state index contributed by atoms with van der Waals surface area (Å²) in [5.74, 6) is 1.69. The lowest BCUT2D eigenvalue weighted by Gasteiger charge is -2.33. The Bertz CT molecular complexity index is 558. The third-order valence-electron chi connectivity index (χ3n) is 3.50. The standard InChI is InChI=1S/C14H24N6/c1-5-10(6-2)20(7-9(3)4)13-11-12(17-8-16-11)18-14(15)19-13/h8-10H,5-7H2,1-4H3,(H3,15,16,17,18,19). The molecule has 0 aliphatic rings. The summed E-state index contributed by atoms with van der Waals surface area (Å²) in [4.78, 5) is 18.3. The molecule has 0 atom stereocenters. The van der Waals surface area contributed by atoms with Crippen LogP contribution in [0, 0.1) is 5.92 Å². The number of aromatic nitrogens is 4. The summed E-state index contributed by atoms with van der Waals surface area (Å²) in [5.41, 5.74) is 7.33. The Hall–Kier alpha value is -1.85. The van der Waals surface area contributed by atoms with Gasteiger partial charge in [0.25, 0.3) is 0 Å². The number of nitrogens with one attached hydrogen (secondary N) is 1. The number of hydrogen-bond acceptors (Lipinski definition) is 5. The van der Waals surface area contributed by atoms with Crippen LogP contribution < -0.4 is 10.6 Å². The minimum absolute atomic E-state index is 0.277. The van der Waals surface area contributed by atoms with Gasteiger partial charge in [-0.1, -0.05) is 27.7 Å². The van der Waals surface area contributed by atoms with Crippen molar-refractivity contribution in [1.29, 1.82) is 0 Å². The first-order valence-corrected chi connectivity index (χ1v) is 7.30. The first kappa shape index (κ1) is 14.6. The average Bonchev–Trinajstić information content (AvgIpc) is 2.85. The Labute approximate surface area is 119 Å². The van der Waals surface area contributed by atoms with Crippen LogP contribution in [0.2, 0.25) is 0 Å². The molecule has 0 spiro atoms. The van der Waals surface area contributed by atoms with Crippen molar-refractivity contribution < 1.29 is 0 Å². The van der Waals surface area contributed by atoms with Gasteiger partial charge in [0, 0.05) is 12.6 Å². The minimum Gasteiger partial charge on any atom is -0.368 e. The van der Waals surface area contributed by atoms with Crippen LogP contribution in [0.1, 0.15) is 40.5 Å². The quantitative estimate of drug-likeness (QED) is 0.847. The van der Waals surface area contributed by atoms with E-state index in [9.17, 15) is 0 Å². The number of anilines is 2. The topological polar surface area (TPSA) is 83.7 Å². The molecular formula is C14H24N6. The number of nitrogens with zero attached hydrogens (tertiary/aromatic N) is 4. The van der Waals surface area contributed by atoms with Gasteiger partial charge in [0.1, 0.15) is 5.52 Å². The van der Waals surface area contributed by atoms with Gasteiger partial charge < -0.3 is 15.6 Å². The SMILES string of the molecule is CCC(CC)N(CC(C)C)c1nc(N)nc2nc[nH]c12. The normalized spacial score (nSPS) is 11.7. The third-order valence-corrected chi connectivity index (χ3v) is 3.50. The highest BCUT2D eigenvalue weighted by Crippen LogP contribution is 2.26. The average molecular weight is 276 g/mol. The molecule has 0 saturated heterocycles. The fourth-order valence-electron chi connectivity index (χ4n) is 2.57. The number of nitrogens with two attached hydrogens (primary N) is 1. The van der Waals surface area contributed by atoms with E-state index in [-0.39, 0.29) is 5.95 Å². The highest BCUT2D eigenvalue weighted by molar-refractivity contribution is 5.84. The summed E-state index contributed by atoms with van der Waals surface area (Å²) >= 11 is 0. The summed E-state index contributed by atoms with van der Waals surface area (Å²) < 4.78 is 0. The maximum atomic E-state index is 5.83. The van der Waals surface area contributed by atoms with Crippen molar-refractivity contribution in [2.24, 2.45) is 5.92 Å². The van der Waals surface area contributed by atoms with Gasteiger partial charge in [0.2, 0.25) is 5.95 Å². The number of hydrogen-bond donors (Lipinski definition) is 2. The van der Waals surface area contributed by atoms with E-state index in [1.165, 1.54) is 0 Å². The van der Waals surface area contributed by atoms with Crippen LogP contribution in [0.25, 0.3) is 11.2 Å². The third kappa shape index (κ3) is 2.84. The second kappa shape index (κ2) is 6.07. The summed E-state index contributed by atoms with van der Waals surface area (Å²) in [6, 6.07) is 0.443. The number of H-pyrrole nitrogens is 1. The lowest BCUT2D eigenvalue weighted by Crippen LogP contribution is -2.38. The number of fused-ring (bicyclic) bond motifs is 1. The molecule has 0 aliphatic heterocycles. The molecule has 2 aromatic rings.